The molecule has 2 aromatic carbocycles. The lowest BCUT2D eigenvalue weighted by Gasteiger charge is -2.11. The molecular formula is C22H24N4O3. The summed E-state index contributed by atoms with van der Waals surface area (Å²) in [4.78, 5) is 21.0. The van der Waals surface area contributed by atoms with Crippen molar-refractivity contribution in [3.63, 3.8) is 0 Å². The third-order valence-electron chi connectivity index (χ3n) is 4.00. The van der Waals surface area contributed by atoms with Crippen molar-refractivity contribution in [3.05, 3.63) is 72.1 Å². The van der Waals surface area contributed by atoms with Gasteiger partial charge in [0.15, 0.2) is 0 Å². The number of hydrogen-bond acceptors (Lipinski definition) is 6. The summed E-state index contributed by atoms with van der Waals surface area (Å²) in [5.41, 5.74) is 1.96. The first kappa shape index (κ1) is 20.1. The van der Waals surface area contributed by atoms with E-state index in [0.717, 1.165) is 22.7 Å². The fourth-order valence-electron chi connectivity index (χ4n) is 2.68. The monoisotopic (exact) mass is 392 g/mol. The number of para-hydroxylation sites is 1. The second kappa shape index (κ2) is 9.54. The van der Waals surface area contributed by atoms with Crippen molar-refractivity contribution < 1.29 is 14.3 Å². The molecule has 0 aliphatic carbocycles. The predicted molar refractivity (Wildman–Crippen MR) is 112 cm³/mol. The van der Waals surface area contributed by atoms with Crippen LogP contribution in [0.3, 0.4) is 0 Å². The fourth-order valence-corrected chi connectivity index (χ4v) is 2.68. The molecule has 7 heteroatoms. The van der Waals surface area contributed by atoms with Crippen LogP contribution in [0.25, 0.3) is 0 Å². The second-order valence-corrected chi connectivity index (χ2v) is 6.58. The molecule has 29 heavy (non-hydrogen) atoms. The summed E-state index contributed by atoms with van der Waals surface area (Å²) in [7, 11) is 1.60. The summed E-state index contributed by atoms with van der Waals surface area (Å²) in [6.07, 6.45) is 1.66. The van der Waals surface area contributed by atoms with E-state index in [1.54, 1.807) is 19.4 Å². The van der Waals surface area contributed by atoms with Gasteiger partial charge in [-0.05, 0) is 50.2 Å². The Labute approximate surface area is 170 Å². The van der Waals surface area contributed by atoms with E-state index < -0.39 is 0 Å². The summed E-state index contributed by atoms with van der Waals surface area (Å²) in [5, 5.41) is 5.95. The minimum Gasteiger partial charge on any atom is -0.496 e. The number of aromatic nitrogens is 2. The lowest BCUT2D eigenvalue weighted by Crippen LogP contribution is -2.24. The molecule has 0 aliphatic heterocycles. The van der Waals surface area contributed by atoms with Gasteiger partial charge in [-0.15, -0.1) is 0 Å². The van der Waals surface area contributed by atoms with Crippen LogP contribution in [0, 0.1) is 0 Å². The van der Waals surface area contributed by atoms with E-state index in [1.165, 1.54) is 0 Å². The van der Waals surface area contributed by atoms with Gasteiger partial charge in [0.25, 0.3) is 5.91 Å². The van der Waals surface area contributed by atoms with Crippen LogP contribution in [-0.2, 0) is 6.54 Å². The molecule has 150 valence electrons. The average Bonchev–Trinajstić information content (AvgIpc) is 2.73. The Kier molecular flexibility index (Phi) is 6.63. The maximum Gasteiger partial charge on any atom is 0.270 e. The highest BCUT2D eigenvalue weighted by molar-refractivity contribution is 5.92. The van der Waals surface area contributed by atoms with Crippen LogP contribution in [0.4, 0.5) is 11.6 Å². The number of nitrogens with one attached hydrogen (secondary N) is 2. The third kappa shape index (κ3) is 5.68. The van der Waals surface area contributed by atoms with Crippen LogP contribution in [0.5, 0.6) is 11.5 Å². The molecule has 1 amide bonds. The van der Waals surface area contributed by atoms with E-state index in [1.807, 2.05) is 62.4 Å². The lowest BCUT2D eigenvalue weighted by molar-refractivity contribution is 0.0945. The molecule has 0 aliphatic rings. The van der Waals surface area contributed by atoms with Crippen LogP contribution in [0.15, 0.2) is 60.8 Å². The first-order valence-corrected chi connectivity index (χ1v) is 9.32. The van der Waals surface area contributed by atoms with E-state index in [9.17, 15) is 4.79 Å². The van der Waals surface area contributed by atoms with Gasteiger partial charge in [-0.2, -0.15) is 0 Å². The Balaban J connectivity index is 1.63. The normalized spacial score (nSPS) is 10.5. The highest BCUT2D eigenvalue weighted by atomic mass is 16.5. The van der Waals surface area contributed by atoms with Crippen LogP contribution in [0.2, 0.25) is 0 Å². The molecule has 3 rings (SSSR count). The van der Waals surface area contributed by atoms with Crippen molar-refractivity contribution in [2.45, 2.75) is 26.5 Å². The van der Waals surface area contributed by atoms with E-state index >= 15 is 0 Å². The van der Waals surface area contributed by atoms with E-state index in [4.69, 9.17) is 9.47 Å². The third-order valence-corrected chi connectivity index (χ3v) is 4.00. The van der Waals surface area contributed by atoms with Gasteiger partial charge in [0, 0.05) is 24.0 Å². The number of carbonyl (C=O) groups is 1. The van der Waals surface area contributed by atoms with Gasteiger partial charge < -0.3 is 20.1 Å². The number of hydrogen-bond donors (Lipinski definition) is 2. The average molecular weight is 392 g/mol. The Morgan fingerprint density at radius 3 is 2.55 bits per heavy atom. The molecule has 0 fully saturated rings. The van der Waals surface area contributed by atoms with Crippen molar-refractivity contribution in [1.82, 2.24) is 15.3 Å². The number of carbonyl (C=O) groups excluding carboxylic acids is 1. The summed E-state index contributed by atoms with van der Waals surface area (Å²) < 4.78 is 10.9. The lowest BCUT2D eigenvalue weighted by atomic mass is 10.2. The van der Waals surface area contributed by atoms with Gasteiger partial charge in [0.05, 0.1) is 13.2 Å². The summed E-state index contributed by atoms with van der Waals surface area (Å²) >= 11 is 0. The fraction of sp³-hybridized carbons (Fsp3) is 0.227. The molecule has 0 radical (unpaired) electrons. The number of anilines is 2. The summed E-state index contributed by atoms with van der Waals surface area (Å²) in [6, 6.07) is 16.6. The first-order chi connectivity index (χ1) is 14.0. The molecule has 0 unspecified atom stereocenters. The Bertz CT molecular complexity index is 958. The molecular weight excluding hydrogens is 368 g/mol. The van der Waals surface area contributed by atoms with Gasteiger partial charge in [-0.1, -0.05) is 18.2 Å². The topological polar surface area (TPSA) is 85.4 Å². The van der Waals surface area contributed by atoms with Crippen LogP contribution in [0.1, 0.15) is 29.9 Å². The maximum atomic E-state index is 12.5. The summed E-state index contributed by atoms with van der Waals surface area (Å²) in [5.74, 6) is 1.56. The highest BCUT2D eigenvalue weighted by Gasteiger charge is 2.10. The molecule has 1 aromatic heterocycles. The SMILES string of the molecule is COc1ccccc1CNC(=O)c1ccnc(Nc2ccc(OC(C)C)cc2)n1. The number of rotatable bonds is 8. The summed E-state index contributed by atoms with van der Waals surface area (Å²) in [6.45, 7) is 4.29. The van der Waals surface area contributed by atoms with Gasteiger partial charge in [0.2, 0.25) is 5.95 Å². The van der Waals surface area contributed by atoms with Gasteiger partial charge in [-0.25, -0.2) is 9.97 Å². The molecule has 3 aromatic rings. The number of benzene rings is 2. The molecule has 0 bridgehead atoms. The van der Waals surface area contributed by atoms with Crippen molar-refractivity contribution in [2.75, 3.05) is 12.4 Å². The largest absolute Gasteiger partial charge is 0.496 e. The molecule has 2 N–H and O–H groups in total. The zero-order valence-corrected chi connectivity index (χ0v) is 16.7. The van der Waals surface area contributed by atoms with Crippen LogP contribution < -0.4 is 20.1 Å². The Hall–Kier alpha value is -3.61. The number of methoxy groups -OCH3 is 1. The van der Waals surface area contributed by atoms with E-state index in [-0.39, 0.29) is 17.7 Å². The second-order valence-electron chi connectivity index (χ2n) is 6.58. The van der Waals surface area contributed by atoms with Crippen LogP contribution >= 0.6 is 0 Å². The Morgan fingerprint density at radius 1 is 1.07 bits per heavy atom. The van der Waals surface area contributed by atoms with Crippen molar-refractivity contribution in [2.24, 2.45) is 0 Å². The van der Waals surface area contributed by atoms with E-state index in [0.29, 0.717) is 12.5 Å². The first-order valence-electron chi connectivity index (χ1n) is 9.32. The quantitative estimate of drug-likeness (QED) is 0.604. The number of amides is 1. The van der Waals surface area contributed by atoms with Crippen molar-refractivity contribution >= 4 is 17.5 Å². The molecule has 0 spiro atoms. The molecule has 1 heterocycles. The number of ether oxygens (including phenoxy) is 2. The van der Waals surface area contributed by atoms with E-state index in [2.05, 4.69) is 20.6 Å². The highest BCUT2D eigenvalue weighted by Crippen LogP contribution is 2.19. The van der Waals surface area contributed by atoms with Gasteiger partial charge in [0.1, 0.15) is 17.2 Å². The van der Waals surface area contributed by atoms with Gasteiger partial charge >= 0.3 is 0 Å². The zero-order valence-electron chi connectivity index (χ0n) is 16.7. The molecule has 0 saturated heterocycles. The smallest absolute Gasteiger partial charge is 0.270 e. The predicted octanol–water partition coefficient (Wildman–Crippen LogP) is 3.95. The molecule has 7 nitrogen and oxygen atoms in total. The number of nitrogens with zero attached hydrogens (tertiary/aromatic N) is 2. The Morgan fingerprint density at radius 2 is 1.83 bits per heavy atom. The minimum atomic E-state index is -0.290. The minimum absolute atomic E-state index is 0.114. The van der Waals surface area contributed by atoms with Gasteiger partial charge in [-0.3, -0.25) is 4.79 Å². The maximum absolute atomic E-state index is 12.5. The standard InChI is InChI=1S/C22H24N4O3/c1-15(2)29-18-10-8-17(9-11-18)25-22-23-13-12-19(26-22)21(27)24-14-16-6-4-5-7-20(16)28-3/h4-13,15H,14H2,1-3H3,(H,24,27)(H,23,25,26). The van der Waals surface area contributed by atoms with Crippen molar-refractivity contribution in [3.8, 4) is 11.5 Å². The molecule has 0 atom stereocenters. The zero-order chi connectivity index (χ0) is 20.6. The molecule has 0 saturated carbocycles. The van der Waals surface area contributed by atoms with Crippen molar-refractivity contribution in [1.29, 1.82) is 0 Å². The van der Waals surface area contributed by atoms with Crippen LogP contribution in [-0.4, -0.2) is 29.1 Å².